The van der Waals surface area contributed by atoms with Crippen molar-refractivity contribution in [3.05, 3.63) is 48.5 Å². The number of nitrogens with one attached hydrogen (secondary N) is 1. The number of nitrogens with zero attached hydrogens (tertiary/aromatic N) is 3. The van der Waals surface area contributed by atoms with Gasteiger partial charge in [-0.15, -0.1) is 0 Å². The van der Waals surface area contributed by atoms with E-state index in [1.165, 1.54) is 7.11 Å². The van der Waals surface area contributed by atoms with Gasteiger partial charge >= 0.3 is 0 Å². The van der Waals surface area contributed by atoms with Gasteiger partial charge in [-0.1, -0.05) is 12.1 Å². The molecule has 0 bridgehead atoms. The molecule has 0 heterocycles. The van der Waals surface area contributed by atoms with E-state index < -0.39 is 11.9 Å². The highest BCUT2D eigenvalue weighted by atomic mass is 17.1. The fraction of sp³-hybridized carbons (Fsp3) is 0.481. The summed E-state index contributed by atoms with van der Waals surface area (Å²) in [5.74, 6) is 0.726. The molecule has 220 valence electrons. The number of anilines is 1. The second-order valence-electron chi connectivity index (χ2n) is 8.07. The van der Waals surface area contributed by atoms with Crippen molar-refractivity contribution >= 4 is 23.0 Å². The van der Waals surface area contributed by atoms with Crippen LogP contribution in [0.5, 0.6) is 11.5 Å². The van der Waals surface area contributed by atoms with Crippen LogP contribution < -0.4 is 14.8 Å². The number of benzene rings is 2. The minimum atomic E-state index is -0.990. The molecule has 1 unspecified atom stereocenters. The van der Waals surface area contributed by atoms with Gasteiger partial charge in [0.15, 0.2) is 6.04 Å². The van der Waals surface area contributed by atoms with Gasteiger partial charge in [0, 0.05) is 5.71 Å². The van der Waals surface area contributed by atoms with Crippen LogP contribution >= 0.6 is 0 Å². The molecule has 2 aromatic carbocycles. The van der Waals surface area contributed by atoms with E-state index in [1.54, 1.807) is 55.5 Å². The first-order valence-electron chi connectivity index (χ1n) is 12.8. The van der Waals surface area contributed by atoms with Crippen LogP contribution in [0.1, 0.15) is 6.92 Å². The van der Waals surface area contributed by atoms with Gasteiger partial charge in [-0.2, -0.15) is 10.2 Å². The first-order valence-corrected chi connectivity index (χ1v) is 12.8. The molecule has 3 N–H and O–H groups in total. The number of ether oxygens (including phenoxy) is 5. The summed E-state index contributed by atoms with van der Waals surface area (Å²) >= 11 is 0. The molecular weight excluding hydrogens is 524 g/mol. The molecule has 0 aromatic heterocycles. The lowest BCUT2D eigenvalue weighted by Gasteiger charge is -2.14. The molecule has 13 nitrogen and oxygen atoms in total. The Balaban J connectivity index is 1.95. The third-order valence-corrected chi connectivity index (χ3v) is 5.15. The van der Waals surface area contributed by atoms with E-state index in [1.807, 2.05) is 0 Å². The molecule has 0 aliphatic heterocycles. The molecule has 40 heavy (non-hydrogen) atoms. The lowest BCUT2D eigenvalue weighted by Crippen LogP contribution is -2.32. The number of hydrogen-bond acceptors (Lipinski definition) is 12. The SMILES string of the molecule is COc1ccccc1NC(=O)C(N=Nc1ccc(OCCOCCOCCOO)cc1)C(C)=NCCOCCO. The lowest BCUT2D eigenvalue weighted by atomic mass is 10.2. The van der Waals surface area contributed by atoms with E-state index in [0.717, 1.165) is 0 Å². The summed E-state index contributed by atoms with van der Waals surface area (Å²) in [6.45, 7) is 4.39. The second-order valence-corrected chi connectivity index (χ2v) is 8.07. The van der Waals surface area contributed by atoms with Crippen LogP contribution in [-0.4, -0.2) is 101 Å². The highest BCUT2D eigenvalue weighted by molar-refractivity contribution is 6.12. The van der Waals surface area contributed by atoms with Crippen LogP contribution in [0.15, 0.2) is 63.8 Å². The number of hydrogen-bond donors (Lipinski definition) is 3. The van der Waals surface area contributed by atoms with Gasteiger partial charge in [-0.05, 0) is 43.3 Å². The van der Waals surface area contributed by atoms with Gasteiger partial charge in [0.25, 0.3) is 5.91 Å². The number of azo groups is 1. The van der Waals surface area contributed by atoms with E-state index in [0.29, 0.717) is 74.8 Å². The minimum absolute atomic E-state index is 0.0723. The number of aliphatic hydroxyl groups is 1. The van der Waals surface area contributed by atoms with Gasteiger partial charge in [0.2, 0.25) is 0 Å². The highest BCUT2D eigenvalue weighted by Crippen LogP contribution is 2.24. The van der Waals surface area contributed by atoms with Crippen LogP contribution in [0.4, 0.5) is 11.4 Å². The van der Waals surface area contributed by atoms with Gasteiger partial charge in [-0.3, -0.25) is 15.0 Å². The van der Waals surface area contributed by atoms with Crippen LogP contribution in [0.2, 0.25) is 0 Å². The fourth-order valence-electron chi connectivity index (χ4n) is 3.18. The molecule has 0 aliphatic rings. The molecule has 1 amide bonds. The molecule has 0 saturated heterocycles. The summed E-state index contributed by atoms with van der Waals surface area (Å²) in [5.41, 5.74) is 1.49. The molecule has 13 heteroatoms. The number of rotatable bonds is 21. The molecule has 2 aromatic rings. The Morgan fingerprint density at radius 1 is 0.900 bits per heavy atom. The Bertz CT molecular complexity index is 1030. The zero-order chi connectivity index (χ0) is 28.8. The average molecular weight is 563 g/mol. The highest BCUT2D eigenvalue weighted by Gasteiger charge is 2.22. The fourth-order valence-corrected chi connectivity index (χ4v) is 3.18. The quantitative estimate of drug-likeness (QED) is 0.0682. The first kappa shape index (κ1) is 32.8. The molecule has 2 rings (SSSR count). The monoisotopic (exact) mass is 562 g/mol. The van der Waals surface area contributed by atoms with Crippen molar-refractivity contribution in [1.29, 1.82) is 0 Å². The number of methoxy groups -OCH3 is 1. The van der Waals surface area contributed by atoms with Gasteiger partial charge in [0.1, 0.15) is 24.7 Å². The van der Waals surface area contributed by atoms with Crippen molar-refractivity contribution < 1.29 is 43.7 Å². The summed E-state index contributed by atoms with van der Waals surface area (Å²) in [7, 11) is 1.52. The van der Waals surface area contributed by atoms with E-state index in [-0.39, 0.29) is 19.8 Å². The third-order valence-electron chi connectivity index (χ3n) is 5.15. The predicted molar refractivity (Wildman–Crippen MR) is 148 cm³/mol. The summed E-state index contributed by atoms with van der Waals surface area (Å²) in [5, 5.41) is 28.4. The molecule has 0 spiro atoms. The zero-order valence-corrected chi connectivity index (χ0v) is 22.9. The predicted octanol–water partition coefficient (Wildman–Crippen LogP) is 3.16. The molecule has 1 atom stereocenters. The summed E-state index contributed by atoms with van der Waals surface area (Å²) in [4.78, 5) is 21.5. The maximum atomic E-state index is 13.2. The minimum Gasteiger partial charge on any atom is -0.495 e. The standard InChI is InChI=1S/C27H38N4O9/c1-21(28-11-13-36-14-12-32)26(27(33)29-24-5-3-4-6-25(24)35-2)31-30-22-7-9-23(10-8-22)39-19-17-37-15-16-38-18-20-40-34/h3-10,26,32,34H,11-20H2,1-2H3,(H,29,33). The van der Waals surface area contributed by atoms with Gasteiger partial charge in [-0.25, -0.2) is 4.89 Å². The van der Waals surface area contributed by atoms with Gasteiger partial charge in [0.05, 0.1) is 71.3 Å². The van der Waals surface area contributed by atoms with Crippen molar-refractivity contribution in [1.82, 2.24) is 0 Å². The first-order chi connectivity index (χ1) is 19.6. The largest absolute Gasteiger partial charge is 0.495 e. The van der Waals surface area contributed by atoms with Crippen molar-refractivity contribution in [2.24, 2.45) is 15.2 Å². The number of amides is 1. The smallest absolute Gasteiger partial charge is 0.257 e. The number of aliphatic hydroxyl groups excluding tert-OH is 1. The van der Waals surface area contributed by atoms with Crippen LogP contribution in [0, 0.1) is 0 Å². The van der Waals surface area contributed by atoms with Gasteiger partial charge < -0.3 is 34.1 Å². The maximum Gasteiger partial charge on any atom is 0.257 e. The molecule has 0 saturated carbocycles. The number of para-hydroxylation sites is 2. The number of carbonyl (C=O) groups is 1. The average Bonchev–Trinajstić information content (AvgIpc) is 2.97. The van der Waals surface area contributed by atoms with Crippen LogP contribution in [-0.2, 0) is 23.9 Å². The zero-order valence-electron chi connectivity index (χ0n) is 22.9. The molecule has 0 aliphatic carbocycles. The Morgan fingerprint density at radius 3 is 2.27 bits per heavy atom. The van der Waals surface area contributed by atoms with E-state index in [9.17, 15) is 4.79 Å². The van der Waals surface area contributed by atoms with Crippen LogP contribution in [0.25, 0.3) is 0 Å². The normalized spacial score (nSPS) is 12.4. The Kier molecular flexibility index (Phi) is 16.7. The summed E-state index contributed by atoms with van der Waals surface area (Å²) in [6.07, 6.45) is 0. The lowest BCUT2D eigenvalue weighted by molar-refractivity contribution is -0.249. The second kappa shape index (κ2) is 20.4. The topological polar surface area (TPSA) is 162 Å². The van der Waals surface area contributed by atoms with Crippen molar-refractivity contribution in [3.8, 4) is 11.5 Å². The maximum absolute atomic E-state index is 13.2. The Hall–Kier alpha value is -3.46. The Labute approximate surface area is 233 Å². The molecular formula is C27H38N4O9. The van der Waals surface area contributed by atoms with Crippen molar-refractivity contribution in [2.45, 2.75) is 13.0 Å². The Morgan fingerprint density at radius 2 is 1.57 bits per heavy atom. The van der Waals surface area contributed by atoms with Crippen molar-refractivity contribution in [2.75, 3.05) is 78.4 Å². The molecule has 0 radical (unpaired) electrons. The molecule has 0 fully saturated rings. The van der Waals surface area contributed by atoms with E-state index >= 15 is 0 Å². The summed E-state index contributed by atoms with van der Waals surface area (Å²) < 4.78 is 26.8. The van der Waals surface area contributed by atoms with Crippen LogP contribution in [0.3, 0.4) is 0 Å². The van der Waals surface area contributed by atoms with E-state index in [2.05, 4.69) is 25.4 Å². The number of aliphatic imine (C=N–C) groups is 1. The number of carbonyl (C=O) groups excluding carboxylic acids is 1. The van der Waals surface area contributed by atoms with Crippen molar-refractivity contribution in [3.63, 3.8) is 0 Å². The third kappa shape index (κ3) is 13.1. The summed E-state index contributed by atoms with van der Waals surface area (Å²) in [6, 6.07) is 13.0. The van der Waals surface area contributed by atoms with E-state index in [4.69, 9.17) is 34.0 Å².